The molecule has 1 aliphatic heterocycles. The van der Waals surface area contributed by atoms with Crippen LogP contribution in [0.25, 0.3) is 0 Å². The Morgan fingerprint density at radius 1 is 1.33 bits per heavy atom. The van der Waals surface area contributed by atoms with E-state index < -0.39 is 16.0 Å². The van der Waals surface area contributed by atoms with E-state index in [4.69, 9.17) is 9.84 Å². The van der Waals surface area contributed by atoms with Crippen LogP contribution in [-0.2, 0) is 19.6 Å². The molecular formula is C16H30N2O5S. The molecule has 7 nitrogen and oxygen atoms in total. The van der Waals surface area contributed by atoms with Gasteiger partial charge in [0.2, 0.25) is 10.0 Å². The molecule has 0 aromatic heterocycles. The predicted octanol–water partition coefficient (Wildman–Crippen LogP) is 1.00. The van der Waals surface area contributed by atoms with E-state index in [-0.39, 0.29) is 23.8 Å². The normalized spacial score (nSPS) is 25.7. The molecule has 1 N–H and O–H groups in total. The molecule has 1 heterocycles. The fourth-order valence-corrected chi connectivity index (χ4v) is 5.88. The van der Waals surface area contributed by atoms with Crippen molar-refractivity contribution < 1.29 is 23.1 Å². The lowest BCUT2D eigenvalue weighted by molar-refractivity contribution is -0.138. The van der Waals surface area contributed by atoms with Gasteiger partial charge in [0.25, 0.3) is 0 Å². The molecule has 1 unspecified atom stereocenters. The Hall–Kier alpha value is -0.700. The summed E-state index contributed by atoms with van der Waals surface area (Å²) in [6, 6.07) is 0. The number of hydrogen-bond acceptors (Lipinski definition) is 5. The van der Waals surface area contributed by atoms with Crippen molar-refractivity contribution in [1.82, 2.24) is 9.21 Å². The van der Waals surface area contributed by atoms with Gasteiger partial charge in [-0.25, -0.2) is 8.42 Å². The molecular weight excluding hydrogens is 332 g/mol. The van der Waals surface area contributed by atoms with Crippen molar-refractivity contribution in [3.8, 4) is 0 Å². The number of morpholine rings is 1. The maximum absolute atomic E-state index is 12.8. The summed E-state index contributed by atoms with van der Waals surface area (Å²) in [5, 5.41) is 8.82. The molecule has 140 valence electrons. The Balaban J connectivity index is 1.93. The summed E-state index contributed by atoms with van der Waals surface area (Å²) in [5.41, 5.74) is -0.120. The topological polar surface area (TPSA) is 87.2 Å². The van der Waals surface area contributed by atoms with Crippen molar-refractivity contribution >= 4 is 16.0 Å². The Bertz CT molecular complexity index is 531. The summed E-state index contributed by atoms with van der Waals surface area (Å²) < 4.78 is 32.8. The zero-order valence-electron chi connectivity index (χ0n) is 14.7. The highest BCUT2D eigenvalue weighted by atomic mass is 32.2. The molecule has 0 bridgehead atoms. The zero-order chi connectivity index (χ0) is 17.8. The van der Waals surface area contributed by atoms with Gasteiger partial charge in [-0.3, -0.25) is 9.69 Å². The van der Waals surface area contributed by atoms with E-state index in [1.165, 1.54) is 10.7 Å². The maximum Gasteiger partial charge on any atom is 0.317 e. The minimum Gasteiger partial charge on any atom is -0.480 e. The van der Waals surface area contributed by atoms with Crippen LogP contribution < -0.4 is 0 Å². The standard InChI is InChI=1S/C16H30N2O5S/c1-16(6-4-3-5-7-16)13-24(21,22)18-8-9-23-14(11-18)10-17(2)12-15(19)20/h14H,3-13H2,1-2H3,(H,19,20). The molecule has 1 atom stereocenters. The number of carboxylic acids is 1. The molecule has 2 fully saturated rings. The molecule has 0 aromatic rings. The summed E-state index contributed by atoms with van der Waals surface area (Å²) in [7, 11) is -1.61. The van der Waals surface area contributed by atoms with Gasteiger partial charge in [-0.1, -0.05) is 26.2 Å². The highest BCUT2D eigenvalue weighted by Gasteiger charge is 2.37. The van der Waals surface area contributed by atoms with Gasteiger partial charge in [0, 0.05) is 19.6 Å². The number of ether oxygens (including phenoxy) is 1. The van der Waals surface area contributed by atoms with Gasteiger partial charge in [0.1, 0.15) is 0 Å². The number of hydrogen-bond donors (Lipinski definition) is 1. The zero-order valence-corrected chi connectivity index (χ0v) is 15.6. The highest BCUT2D eigenvalue weighted by Crippen LogP contribution is 2.37. The van der Waals surface area contributed by atoms with E-state index in [2.05, 4.69) is 6.92 Å². The SMILES string of the molecule is CN(CC(=O)O)CC1CN(S(=O)(=O)CC2(C)CCCCC2)CCO1. The van der Waals surface area contributed by atoms with Gasteiger partial charge in [-0.05, 0) is 25.3 Å². The average Bonchev–Trinajstić information content (AvgIpc) is 2.46. The third kappa shape index (κ3) is 5.68. The van der Waals surface area contributed by atoms with Crippen LogP contribution in [0.1, 0.15) is 39.0 Å². The van der Waals surface area contributed by atoms with Crippen molar-refractivity contribution in [3.05, 3.63) is 0 Å². The first-order valence-corrected chi connectivity index (χ1v) is 10.3. The van der Waals surface area contributed by atoms with Gasteiger partial charge in [-0.2, -0.15) is 4.31 Å². The molecule has 2 rings (SSSR count). The van der Waals surface area contributed by atoms with Gasteiger partial charge in [0.05, 0.1) is 25.0 Å². The molecule has 24 heavy (non-hydrogen) atoms. The van der Waals surface area contributed by atoms with Crippen LogP contribution in [0.2, 0.25) is 0 Å². The molecule has 1 saturated heterocycles. The van der Waals surface area contributed by atoms with Crippen LogP contribution in [0.5, 0.6) is 0 Å². The number of nitrogens with zero attached hydrogens (tertiary/aromatic N) is 2. The number of carboxylic acid groups (broad SMARTS) is 1. The van der Waals surface area contributed by atoms with E-state index in [9.17, 15) is 13.2 Å². The van der Waals surface area contributed by atoms with Crippen LogP contribution in [0.15, 0.2) is 0 Å². The summed E-state index contributed by atoms with van der Waals surface area (Å²) >= 11 is 0. The van der Waals surface area contributed by atoms with Crippen molar-refractivity contribution in [2.45, 2.75) is 45.1 Å². The van der Waals surface area contributed by atoms with Crippen LogP contribution in [-0.4, -0.2) is 80.4 Å². The van der Waals surface area contributed by atoms with Gasteiger partial charge in [-0.15, -0.1) is 0 Å². The van der Waals surface area contributed by atoms with Crippen LogP contribution in [0, 0.1) is 5.41 Å². The van der Waals surface area contributed by atoms with Crippen molar-refractivity contribution in [1.29, 1.82) is 0 Å². The van der Waals surface area contributed by atoms with Crippen molar-refractivity contribution in [3.63, 3.8) is 0 Å². The first kappa shape index (κ1) is 19.6. The van der Waals surface area contributed by atoms with Gasteiger partial charge >= 0.3 is 5.97 Å². The largest absolute Gasteiger partial charge is 0.480 e. The number of rotatable bonds is 7. The van der Waals surface area contributed by atoms with E-state index in [0.29, 0.717) is 26.2 Å². The summed E-state index contributed by atoms with van der Waals surface area (Å²) in [4.78, 5) is 12.4. The van der Waals surface area contributed by atoms with E-state index >= 15 is 0 Å². The third-order valence-corrected chi connectivity index (χ3v) is 7.19. The highest BCUT2D eigenvalue weighted by molar-refractivity contribution is 7.89. The first-order valence-electron chi connectivity index (χ1n) is 8.70. The number of aliphatic carboxylic acids is 1. The molecule has 8 heteroatoms. The Kier molecular flexibility index (Phi) is 6.64. The second kappa shape index (κ2) is 8.12. The number of sulfonamides is 1. The third-order valence-electron chi connectivity index (χ3n) is 5.01. The average molecular weight is 362 g/mol. The maximum atomic E-state index is 12.8. The van der Waals surface area contributed by atoms with Gasteiger partial charge in [0.15, 0.2) is 0 Å². The summed E-state index contributed by atoms with van der Waals surface area (Å²) in [5.74, 6) is -0.694. The molecule has 0 spiro atoms. The number of carbonyl (C=O) groups is 1. The Labute approximate surface area is 145 Å². The molecule has 1 saturated carbocycles. The van der Waals surface area contributed by atoms with E-state index in [1.807, 2.05) is 0 Å². The molecule has 1 aliphatic carbocycles. The lowest BCUT2D eigenvalue weighted by Crippen LogP contribution is -2.51. The second-order valence-electron chi connectivity index (χ2n) is 7.57. The molecule has 2 aliphatic rings. The molecule has 0 aromatic carbocycles. The fourth-order valence-electron chi connectivity index (χ4n) is 3.78. The minimum atomic E-state index is -3.31. The van der Waals surface area contributed by atoms with E-state index in [0.717, 1.165) is 25.7 Å². The molecule has 0 amide bonds. The lowest BCUT2D eigenvalue weighted by Gasteiger charge is -2.38. The quantitative estimate of drug-likeness (QED) is 0.727. The lowest BCUT2D eigenvalue weighted by atomic mass is 9.77. The Morgan fingerprint density at radius 3 is 2.62 bits per heavy atom. The van der Waals surface area contributed by atoms with Crippen LogP contribution >= 0.6 is 0 Å². The monoisotopic (exact) mass is 362 g/mol. The van der Waals surface area contributed by atoms with Gasteiger partial charge < -0.3 is 9.84 Å². The number of likely N-dealkylation sites (N-methyl/N-ethyl adjacent to an activating group) is 1. The molecule has 0 radical (unpaired) electrons. The summed E-state index contributed by atoms with van der Waals surface area (Å²) in [6.45, 7) is 3.48. The predicted molar refractivity (Wildman–Crippen MR) is 91.4 cm³/mol. The Morgan fingerprint density at radius 2 is 2.00 bits per heavy atom. The van der Waals surface area contributed by atoms with E-state index in [1.54, 1.807) is 11.9 Å². The van der Waals surface area contributed by atoms with Crippen molar-refractivity contribution in [2.75, 3.05) is 45.6 Å². The minimum absolute atomic E-state index is 0.0787. The van der Waals surface area contributed by atoms with Crippen molar-refractivity contribution in [2.24, 2.45) is 5.41 Å². The second-order valence-corrected chi connectivity index (χ2v) is 9.54. The smallest absolute Gasteiger partial charge is 0.317 e. The fraction of sp³-hybridized carbons (Fsp3) is 0.938. The first-order chi connectivity index (χ1) is 11.2. The summed E-state index contributed by atoms with van der Waals surface area (Å²) in [6.07, 6.45) is 5.08. The van der Waals surface area contributed by atoms with Crippen LogP contribution in [0.3, 0.4) is 0 Å². The van der Waals surface area contributed by atoms with Crippen LogP contribution in [0.4, 0.5) is 0 Å².